The van der Waals surface area contributed by atoms with Crippen molar-refractivity contribution in [1.82, 2.24) is 26.6 Å². The average Bonchev–Trinajstić information content (AvgIpc) is 3.58. The minimum Gasteiger partial charge on any atom is -0.375 e. The van der Waals surface area contributed by atoms with Crippen LogP contribution in [0.3, 0.4) is 0 Å². The molecule has 10 atom stereocenters. The number of guanidine groups is 1. The van der Waals surface area contributed by atoms with Crippen molar-refractivity contribution in [3.8, 4) is 0 Å². The van der Waals surface area contributed by atoms with Crippen molar-refractivity contribution < 1.29 is 45.4 Å². The number of carbonyl (C=O) groups excluding carboxylic acids is 2. The maximum absolute atomic E-state index is 14.2. The van der Waals surface area contributed by atoms with Crippen LogP contribution in [0.2, 0.25) is 0 Å². The van der Waals surface area contributed by atoms with Crippen LogP contribution in [0.15, 0.2) is 4.99 Å². The van der Waals surface area contributed by atoms with Gasteiger partial charge in [0, 0.05) is 31.6 Å². The highest BCUT2D eigenvalue weighted by atomic mass is 19.4. The third-order valence-corrected chi connectivity index (χ3v) is 10.8. The summed E-state index contributed by atoms with van der Waals surface area (Å²) >= 11 is 0. The van der Waals surface area contributed by atoms with Crippen molar-refractivity contribution in [3.05, 3.63) is 0 Å². The van der Waals surface area contributed by atoms with E-state index >= 15 is 0 Å². The molecule has 4 aliphatic rings. The van der Waals surface area contributed by atoms with Crippen LogP contribution in [0, 0.1) is 11.8 Å². The number of amides is 3. The number of unbranched alkanes of at least 4 members (excludes halogenated alkanes) is 1. The highest BCUT2D eigenvalue weighted by Gasteiger charge is 2.51. The van der Waals surface area contributed by atoms with Crippen LogP contribution in [0.25, 0.3) is 0 Å². The fraction of sp³-hybridized carbons (Fsp3) is 0.912. The summed E-state index contributed by atoms with van der Waals surface area (Å²) in [5.41, 5.74) is 16.2. The lowest BCUT2D eigenvalue weighted by Crippen LogP contribution is -2.63. The Hall–Kier alpha value is -2.61. The fourth-order valence-corrected chi connectivity index (χ4v) is 8.14. The highest BCUT2D eigenvalue weighted by molar-refractivity contribution is 5.77. The number of nitrogens with zero attached hydrogens (tertiary/aromatic N) is 1. The second-order valence-corrected chi connectivity index (χ2v) is 15.1. The van der Waals surface area contributed by atoms with Crippen LogP contribution in [0.1, 0.15) is 89.9 Å². The van der Waals surface area contributed by atoms with Crippen molar-refractivity contribution in [2.75, 3.05) is 32.7 Å². The molecular formula is C34H59F6N9O4. The molecule has 306 valence electrons. The fourth-order valence-electron chi connectivity index (χ4n) is 8.14. The van der Waals surface area contributed by atoms with E-state index in [1.165, 1.54) is 0 Å². The normalized spacial score (nSPS) is 32.5. The van der Waals surface area contributed by atoms with Crippen molar-refractivity contribution >= 4 is 17.9 Å². The number of urea groups is 1. The molecule has 3 aliphatic carbocycles. The molecule has 4 fully saturated rings. The highest BCUT2D eigenvalue weighted by Crippen LogP contribution is 2.41. The Morgan fingerprint density at radius 3 is 2.11 bits per heavy atom. The Bertz CT molecular complexity index is 1170. The quantitative estimate of drug-likeness (QED) is 0.0503. The molecule has 1 saturated heterocycles. The standard InChI is InChI=1S/C34H59F6N9O4/c35-33(36,37)20-13-23(45-11-4-9-41)18-26(14-20)52-24-6-3-5-22(17-24)47-32(51)49-28-16-21(34(38,39)40)15-27(30(28)53-25-8-12-44-19-25)48-29(50)7-1-2-10-46-31(42)43/h20-28,30,44-45H,1-19,41H2,(H,48,50)(H4,42,43,46)(H2,47,49,51)/t20?,21?,22?,23?,24?,25-,26?,27?,28?,30?/m1/s1. The van der Waals surface area contributed by atoms with Gasteiger partial charge >= 0.3 is 18.4 Å². The molecule has 0 bridgehead atoms. The van der Waals surface area contributed by atoms with Crippen LogP contribution in [0.4, 0.5) is 31.1 Å². The zero-order chi connectivity index (χ0) is 38.6. The number of carbonyl (C=O) groups is 2. The Kier molecular flexibility index (Phi) is 16.6. The molecule has 1 heterocycles. The van der Waals surface area contributed by atoms with E-state index in [0.29, 0.717) is 90.5 Å². The Labute approximate surface area is 307 Å². The van der Waals surface area contributed by atoms with Crippen molar-refractivity contribution in [2.24, 2.45) is 34.0 Å². The van der Waals surface area contributed by atoms with Crippen LogP contribution in [-0.2, 0) is 14.3 Å². The Morgan fingerprint density at radius 1 is 0.755 bits per heavy atom. The van der Waals surface area contributed by atoms with Crippen molar-refractivity contribution in [3.63, 3.8) is 0 Å². The Morgan fingerprint density at radius 2 is 1.45 bits per heavy atom. The monoisotopic (exact) mass is 771 g/mol. The molecule has 53 heavy (non-hydrogen) atoms. The number of nitrogens with two attached hydrogens (primary N) is 3. The molecule has 0 aromatic rings. The topological polar surface area (TPSA) is 203 Å². The van der Waals surface area contributed by atoms with Gasteiger partial charge in [-0.1, -0.05) is 0 Å². The number of aliphatic imine (C=N–C) groups is 1. The van der Waals surface area contributed by atoms with E-state index in [1.807, 2.05) is 0 Å². The summed E-state index contributed by atoms with van der Waals surface area (Å²) in [7, 11) is 0. The zero-order valence-corrected chi connectivity index (χ0v) is 30.3. The Balaban J connectivity index is 1.38. The van der Waals surface area contributed by atoms with Crippen LogP contribution < -0.4 is 43.8 Å². The SMILES string of the molecule is NCCCNC1CC(OC2CCCC(NC(=O)NC3CC(C(F)(F)F)CC(NC(=O)CCCCN=C(N)N)C3O[C@@H]3CCNC3)C2)CC(C(F)(F)F)C1. The summed E-state index contributed by atoms with van der Waals surface area (Å²) in [4.78, 5) is 30.3. The lowest BCUT2D eigenvalue weighted by atomic mass is 9.79. The smallest absolute Gasteiger partial charge is 0.375 e. The van der Waals surface area contributed by atoms with Crippen LogP contribution in [-0.4, -0.2) is 112 Å². The van der Waals surface area contributed by atoms with Crippen molar-refractivity contribution in [2.45, 2.75) is 151 Å². The minimum atomic E-state index is -4.57. The molecule has 0 aromatic carbocycles. The maximum atomic E-state index is 14.2. The van der Waals surface area contributed by atoms with E-state index < -0.39 is 79.3 Å². The summed E-state index contributed by atoms with van der Waals surface area (Å²) < 4.78 is 96.7. The van der Waals surface area contributed by atoms with Gasteiger partial charge in [0.15, 0.2) is 5.96 Å². The van der Waals surface area contributed by atoms with Gasteiger partial charge in [0.2, 0.25) is 5.91 Å². The third-order valence-electron chi connectivity index (χ3n) is 10.8. The molecular weight excluding hydrogens is 712 g/mol. The molecule has 0 aromatic heterocycles. The van der Waals surface area contributed by atoms with E-state index in [4.69, 9.17) is 26.7 Å². The largest absolute Gasteiger partial charge is 0.391 e. The van der Waals surface area contributed by atoms with E-state index in [2.05, 4.69) is 31.6 Å². The first kappa shape index (κ1) is 43.1. The number of rotatable bonds is 16. The number of ether oxygens (including phenoxy) is 2. The predicted octanol–water partition coefficient (Wildman–Crippen LogP) is 2.67. The molecule has 3 saturated carbocycles. The zero-order valence-electron chi connectivity index (χ0n) is 30.3. The molecule has 9 unspecified atom stereocenters. The number of hydrogen-bond donors (Lipinski definition) is 8. The lowest BCUT2D eigenvalue weighted by Gasteiger charge is -2.43. The summed E-state index contributed by atoms with van der Waals surface area (Å²) in [6.07, 6.45) is -7.21. The number of alkyl halides is 6. The van der Waals surface area contributed by atoms with Crippen molar-refractivity contribution in [1.29, 1.82) is 0 Å². The number of hydrogen-bond acceptors (Lipinski definition) is 8. The van der Waals surface area contributed by atoms with Gasteiger partial charge in [0.05, 0.1) is 48.3 Å². The first-order valence-corrected chi connectivity index (χ1v) is 19.1. The molecule has 11 N–H and O–H groups in total. The number of nitrogens with one attached hydrogen (secondary N) is 5. The van der Waals surface area contributed by atoms with Crippen LogP contribution >= 0.6 is 0 Å². The molecule has 13 nitrogen and oxygen atoms in total. The first-order chi connectivity index (χ1) is 25.1. The average molecular weight is 772 g/mol. The molecule has 1 aliphatic heterocycles. The first-order valence-electron chi connectivity index (χ1n) is 19.1. The summed E-state index contributed by atoms with van der Waals surface area (Å²) in [5, 5.41) is 14.8. The van der Waals surface area contributed by atoms with Gasteiger partial charge in [-0.05, 0) is 103 Å². The van der Waals surface area contributed by atoms with E-state index in [-0.39, 0.29) is 43.5 Å². The lowest BCUT2D eigenvalue weighted by molar-refractivity contribution is -0.199. The third kappa shape index (κ3) is 14.5. The van der Waals surface area contributed by atoms with Gasteiger partial charge < -0.3 is 53.3 Å². The van der Waals surface area contributed by atoms with Gasteiger partial charge in [-0.2, -0.15) is 26.3 Å². The van der Waals surface area contributed by atoms with Gasteiger partial charge in [-0.25, -0.2) is 4.79 Å². The van der Waals surface area contributed by atoms with Gasteiger partial charge in [-0.3, -0.25) is 9.79 Å². The van der Waals surface area contributed by atoms with Gasteiger partial charge in [-0.15, -0.1) is 0 Å². The molecule has 0 radical (unpaired) electrons. The van der Waals surface area contributed by atoms with E-state index in [0.717, 1.165) is 0 Å². The summed E-state index contributed by atoms with van der Waals surface area (Å²) in [6, 6.07) is -3.51. The van der Waals surface area contributed by atoms with E-state index in [9.17, 15) is 35.9 Å². The summed E-state index contributed by atoms with van der Waals surface area (Å²) in [6.45, 7) is 2.43. The summed E-state index contributed by atoms with van der Waals surface area (Å²) in [5.74, 6) is -3.79. The minimum absolute atomic E-state index is 0.0213. The second-order valence-electron chi connectivity index (χ2n) is 15.1. The molecule has 3 amide bonds. The van der Waals surface area contributed by atoms with Crippen LogP contribution in [0.5, 0.6) is 0 Å². The number of halogens is 6. The molecule has 4 rings (SSSR count). The molecule has 0 spiro atoms. The second kappa shape index (κ2) is 20.3. The molecule has 19 heteroatoms. The maximum Gasteiger partial charge on any atom is 0.391 e. The van der Waals surface area contributed by atoms with E-state index in [1.54, 1.807) is 0 Å². The van der Waals surface area contributed by atoms with Gasteiger partial charge in [0.25, 0.3) is 0 Å². The van der Waals surface area contributed by atoms with Gasteiger partial charge in [0.1, 0.15) is 0 Å². The predicted molar refractivity (Wildman–Crippen MR) is 187 cm³/mol.